The molecule has 0 bridgehead atoms. The number of carbonyl (C=O) groups excluding carboxylic acids is 2. The van der Waals surface area contributed by atoms with Crippen LogP contribution in [-0.4, -0.2) is 39.7 Å². The van der Waals surface area contributed by atoms with Gasteiger partial charge < -0.3 is 9.64 Å². The summed E-state index contributed by atoms with van der Waals surface area (Å²) in [5.74, 6) is -0.684. The molecule has 0 saturated carbocycles. The molecule has 1 aromatic heterocycles. The first-order valence-corrected chi connectivity index (χ1v) is 7.56. The Morgan fingerprint density at radius 2 is 2.00 bits per heavy atom. The van der Waals surface area contributed by atoms with Crippen molar-refractivity contribution in [1.29, 1.82) is 0 Å². The number of ether oxygens (including phenoxy) is 1. The van der Waals surface area contributed by atoms with E-state index in [1.165, 1.54) is 11.8 Å². The average Bonchev–Trinajstić information content (AvgIpc) is 2.91. The highest BCUT2D eigenvalue weighted by Gasteiger charge is 2.22. The van der Waals surface area contributed by atoms with E-state index in [2.05, 4.69) is 11.2 Å². The molecule has 2 aromatic rings. The fraction of sp³-hybridized carbons (Fsp3) is 0.353. The predicted molar refractivity (Wildman–Crippen MR) is 83.8 cm³/mol. The van der Waals surface area contributed by atoms with Crippen molar-refractivity contribution in [3.8, 4) is 0 Å². The number of esters is 1. The number of hydrogen-bond donors (Lipinski definition) is 0. The number of fused-ring (bicyclic) bond motifs is 1. The van der Waals surface area contributed by atoms with Gasteiger partial charge in [-0.05, 0) is 24.5 Å². The third-order valence-corrected chi connectivity index (χ3v) is 4.27. The maximum absolute atomic E-state index is 12.3. The van der Waals surface area contributed by atoms with Crippen molar-refractivity contribution < 1.29 is 14.3 Å². The highest BCUT2D eigenvalue weighted by molar-refractivity contribution is 5.92. The van der Waals surface area contributed by atoms with Gasteiger partial charge in [0.15, 0.2) is 6.61 Å². The second kappa shape index (κ2) is 6.24. The van der Waals surface area contributed by atoms with Crippen molar-refractivity contribution in [2.24, 2.45) is 7.05 Å². The molecule has 0 radical (unpaired) electrons. The first-order chi connectivity index (χ1) is 11.1. The molecule has 23 heavy (non-hydrogen) atoms. The highest BCUT2D eigenvalue weighted by Crippen LogP contribution is 2.18. The van der Waals surface area contributed by atoms with Gasteiger partial charge in [-0.15, -0.1) is 0 Å². The minimum atomic E-state index is -0.513. The number of nitrogens with zero attached hydrogens (tertiary/aromatic N) is 3. The van der Waals surface area contributed by atoms with Gasteiger partial charge in [0.25, 0.3) is 5.91 Å². The zero-order valence-electron chi connectivity index (χ0n) is 13.3. The van der Waals surface area contributed by atoms with Crippen LogP contribution in [0.25, 0.3) is 0 Å². The number of hydrogen-bond acceptors (Lipinski definition) is 4. The monoisotopic (exact) mass is 313 g/mol. The zero-order chi connectivity index (χ0) is 16.4. The summed E-state index contributed by atoms with van der Waals surface area (Å²) in [6.07, 6.45) is 2.29. The Labute approximate surface area is 134 Å². The van der Waals surface area contributed by atoms with Crippen LogP contribution in [0.1, 0.15) is 27.2 Å². The predicted octanol–water partition coefficient (Wildman–Crippen LogP) is 1.47. The maximum atomic E-state index is 12.3. The molecule has 1 aliphatic rings. The molecule has 120 valence electrons. The number of rotatable bonds is 3. The lowest BCUT2D eigenvalue weighted by molar-refractivity contribution is -0.135. The first-order valence-electron chi connectivity index (χ1n) is 7.56. The molecule has 1 amide bonds. The summed E-state index contributed by atoms with van der Waals surface area (Å²) in [4.78, 5) is 26.0. The molecule has 3 rings (SSSR count). The number of benzene rings is 1. The third kappa shape index (κ3) is 3.11. The molecule has 0 aliphatic carbocycles. The normalized spacial score (nSPS) is 13.6. The van der Waals surface area contributed by atoms with Crippen LogP contribution in [0.2, 0.25) is 0 Å². The summed E-state index contributed by atoms with van der Waals surface area (Å²) < 4.78 is 6.74. The van der Waals surface area contributed by atoms with Crippen LogP contribution in [0, 0.1) is 6.92 Å². The molecule has 0 fully saturated rings. The third-order valence-electron chi connectivity index (χ3n) is 4.27. The summed E-state index contributed by atoms with van der Waals surface area (Å²) in [6.45, 7) is 2.76. The van der Waals surface area contributed by atoms with Crippen LogP contribution >= 0.6 is 0 Å². The lowest BCUT2D eigenvalue weighted by Crippen LogP contribution is -2.38. The van der Waals surface area contributed by atoms with Gasteiger partial charge in [0.1, 0.15) is 5.56 Å². The molecule has 0 spiro atoms. The minimum absolute atomic E-state index is 0.172. The molecule has 0 N–H and O–H groups in total. The number of aromatic nitrogens is 2. The van der Waals surface area contributed by atoms with Crippen LogP contribution in [0.15, 0.2) is 30.5 Å². The Kier molecular flexibility index (Phi) is 4.14. The second-order valence-electron chi connectivity index (χ2n) is 5.68. The van der Waals surface area contributed by atoms with Crippen molar-refractivity contribution in [3.63, 3.8) is 0 Å². The van der Waals surface area contributed by atoms with Crippen LogP contribution in [0.4, 0.5) is 0 Å². The smallest absolute Gasteiger partial charge is 0.342 e. The largest absolute Gasteiger partial charge is 0.452 e. The van der Waals surface area contributed by atoms with Crippen molar-refractivity contribution in [2.75, 3.05) is 13.2 Å². The van der Waals surface area contributed by atoms with E-state index in [0.29, 0.717) is 24.3 Å². The lowest BCUT2D eigenvalue weighted by Gasteiger charge is -2.28. The molecule has 0 saturated heterocycles. The van der Waals surface area contributed by atoms with Crippen LogP contribution in [-0.2, 0) is 29.5 Å². The topological polar surface area (TPSA) is 64.4 Å². The summed E-state index contributed by atoms with van der Waals surface area (Å²) in [6, 6.07) is 8.09. The van der Waals surface area contributed by atoms with Crippen LogP contribution in [0.3, 0.4) is 0 Å². The number of carbonyl (C=O) groups is 2. The van der Waals surface area contributed by atoms with Gasteiger partial charge in [-0.3, -0.25) is 9.48 Å². The molecule has 6 nitrogen and oxygen atoms in total. The lowest BCUT2D eigenvalue weighted by atomic mass is 10.00. The number of aryl methyl sites for hydroxylation is 1. The molecule has 0 atom stereocenters. The minimum Gasteiger partial charge on any atom is -0.452 e. The number of amides is 1. The van der Waals surface area contributed by atoms with Gasteiger partial charge in [-0.1, -0.05) is 24.3 Å². The van der Waals surface area contributed by atoms with Gasteiger partial charge in [0, 0.05) is 25.8 Å². The summed E-state index contributed by atoms with van der Waals surface area (Å²) in [5.41, 5.74) is 3.54. The van der Waals surface area contributed by atoms with Gasteiger partial charge in [-0.2, -0.15) is 5.10 Å². The first kappa shape index (κ1) is 15.3. The Bertz CT molecular complexity index is 751. The van der Waals surface area contributed by atoms with E-state index in [-0.39, 0.29) is 12.5 Å². The molecule has 2 heterocycles. The summed E-state index contributed by atoms with van der Waals surface area (Å²) >= 11 is 0. The Hall–Kier alpha value is -2.63. The Morgan fingerprint density at radius 3 is 2.70 bits per heavy atom. The van der Waals surface area contributed by atoms with Crippen molar-refractivity contribution in [3.05, 3.63) is 52.8 Å². The van der Waals surface area contributed by atoms with E-state index in [0.717, 1.165) is 12.0 Å². The van der Waals surface area contributed by atoms with E-state index in [1.807, 2.05) is 18.2 Å². The van der Waals surface area contributed by atoms with Gasteiger partial charge in [0.2, 0.25) is 0 Å². The van der Waals surface area contributed by atoms with Crippen LogP contribution < -0.4 is 0 Å². The van der Waals surface area contributed by atoms with E-state index >= 15 is 0 Å². The standard InChI is InChI=1S/C17H19N3O3/c1-12-15(9-18-19(12)2)17(22)23-11-16(21)20-8-7-13-5-3-4-6-14(13)10-20/h3-6,9H,7-8,10-11H2,1-2H3. The molecular weight excluding hydrogens is 294 g/mol. The molecule has 1 aromatic carbocycles. The summed E-state index contributed by atoms with van der Waals surface area (Å²) in [7, 11) is 1.75. The van der Waals surface area contributed by atoms with E-state index in [1.54, 1.807) is 23.6 Å². The van der Waals surface area contributed by atoms with Crippen LogP contribution in [0.5, 0.6) is 0 Å². The second-order valence-corrected chi connectivity index (χ2v) is 5.68. The maximum Gasteiger partial charge on any atom is 0.342 e. The zero-order valence-corrected chi connectivity index (χ0v) is 13.3. The molecule has 6 heteroatoms. The quantitative estimate of drug-likeness (QED) is 0.805. The fourth-order valence-electron chi connectivity index (χ4n) is 2.70. The fourth-order valence-corrected chi connectivity index (χ4v) is 2.70. The SMILES string of the molecule is Cc1c(C(=O)OCC(=O)N2CCc3ccccc3C2)cnn1C. The van der Waals surface area contributed by atoms with E-state index < -0.39 is 5.97 Å². The van der Waals surface area contributed by atoms with Gasteiger partial charge in [-0.25, -0.2) is 4.79 Å². The molecule has 1 aliphatic heterocycles. The summed E-state index contributed by atoms with van der Waals surface area (Å²) in [5, 5.41) is 4.00. The van der Waals surface area contributed by atoms with Crippen molar-refractivity contribution >= 4 is 11.9 Å². The van der Waals surface area contributed by atoms with Crippen molar-refractivity contribution in [2.45, 2.75) is 19.9 Å². The molecule has 0 unspecified atom stereocenters. The van der Waals surface area contributed by atoms with E-state index in [4.69, 9.17) is 4.74 Å². The Balaban J connectivity index is 1.58. The van der Waals surface area contributed by atoms with E-state index in [9.17, 15) is 9.59 Å². The average molecular weight is 313 g/mol. The van der Waals surface area contributed by atoms with Gasteiger partial charge in [0.05, 0.1) is 6.20 Å². The highest BCUT2D eigenvalue weighted by atomic mass is 16.5. The Morgan fingerprint density at radius 1 is 1.26 bits per heavy atom. The van der Waals surface area contributed by atoms with Gasteiger partial charge >= 0.3 is 5.97 Å². The molecular formula is C17H19N3O3. The van der Waals surface area contributed by atoms with Crippen molar-refractivity contribution in [1.82, 2.24) is 14.7 Å².